The van der Waals surface area contributed by atoms with E-state index in [0.29, 0.717) is 5.56 Å². The van der Waals surface area contributed by atoms with Crippen LogP contribution in [0, 0.1) is 11.6 Å². The Morgan fingerprint density at radius 2 is 2.07 bits per heavy atom. The zero-order chi connectivity index (χ0) is 10.7. The second-order valence-corrected chi connectivity index (χ2v) is 3.09. The van der Waals surface area contributed by atoms with Gasteiger partial charge in [-0.15, -0.1) is 0 Å². The average Bonchev–Trinajstić information content (AvgIpc) is 2.11. The first-order chi connectivity index (χ1) is 6.56. The van der Waals surface area contributed by atoms with Gasteiger partial charge in [0.25, 0.3) is 0 Å². The van der Waals surface area contributed by atoms with Gasteiger partial charge in [-0.2, -0.15) is 0 Å². The van der Waals surface area contributed by atoms with E-state index in [4.69, 9.17) is 4.74 Å². The third kappa shape index (κ3) is 2.27. The van der Waals surface area contributed by atoms with Gasteiger partial charge in [-0.1, -0.05) is 0 Å². The van der Waals surface area contributed by atoms with Gasteiger partial charge in [-0.3, -0.25) is 0 Å². The topological polar surface area (TPSA) is 29.5 Å². The number of hydrogen-bond donors (Lipinski definition) is 1. The second-order valence-electron chi connectivity index (χ2n) is 3.09. The first-order valence-electron chi connectivity index (χ1n) is 4.21. The zero-order valence-corrected chi connectivity index (χ0v) is 8.05. The lowest BCUT2D eigenvalue weighted by Crippen LogP contribution is -2.01. The second kappa shape index (κ2) is 4.48. The molecular formula is C10H12F2O2. The summed E-state index contributed by atoms with van der Waals surface area (Å²) in [6, 6.07) is 2.46. The van der Waals surface area contributed by atoms with Gasteiger partial charge in [0.2, 0.25) is 0 Å². The molecule has 4 heteroatoms. The number of halogens is 2. The molecule has 1 aromatic rings. The van der Waals surface area contributed by atoms with Crippen molar-refractivity contribution >= 4 is 0 Å². The summed E-state index contributed by atoms with van der Waals surface area (Å²) in [5, 5.41) is 9.17. The lowest BCUT2D eigenvalue weighted by molar-refractivity contribution is 0.180. The molecule has 78 valence electrons. The smallest absolute Gasteiger partial charge is 0.164 e. The fourth-order valence-electron chi connectivity index (χ4n) is 1.22. The maximum Gasteiger partial charge on any atom is 0.164 e. The zero-order valence-electron chi connectivity index (χ0n) is 8.05. The van der Waals surface area contributed by atoms with Crippen LogP contribution in [0.4, 0.5) is 8.78 Å². The van der Waals surface area contributed by atoms with Crippen molar-refractivity contribution in [2.24, 2.45) is 0 Å². The lowest BCUT2D eigenvalue weighted by atomic mass is 10.1. The van der Waals surface area contributed by atoms with Gasteiger partial charge < -0.3 is 9.84 Å². The molecular weight excluding hydrogens is 190 g/mol. The van der Waals surface area contributed by atoms with Gasteiger partial charge in [0.05, 0.1) is 12.7 Å². The Morgan fingerprint density at radius 3 is 2.57 bits per heavy atom. The number of hydrogen-bond acceptors (Lipinski definition) is 2. The summed E-state index contributed by atoms with van der Waals surface area (Å²) in [5.74, 6) is -1.96. The molecule has 1 unspecified atom stereocenters. The minimum Gasteiger partial charge on any atom is -0.389 e. The summed E-state index contributed by atoms with van der Waals surface area (Å²) >= 11 is 0. The molecule has 0 saturated carbocycles. The minimum atomic E-state index is -1.03. The molecule has 0 radical (unpaired) electrons. The molecule has 0 aromatic heterocycles. The molecule has 0 spiro atoms. The Labute approximate surface area is 81.1 Å². The molecule has 1 N–H and O–H groups in total. The molecule has 0 aliphatic rings. The summed E-state index contributed by atoms with van der Waals surface area (Å²) in [5.41, 5.74) is 0.458. The van der Waals surface area contributed by atoms with Crippen LogP contribution >= 0.6 is 0 Å². The van der Waals surface area contributed by atoms with E-state index in [2.05, 4.69) is 0 Å². The van der Waals surface area contributed by atoms with Crippen LogP contribution in [-0.4, -0.2) is 12.2 Å². The largest absolute Gasteiger partial charge is 0.389 e. The molecule has 0 fully saturated rings. The first kappa shape index (κ1) is 11.1. The predicted octanol–water partition coefficient (Wildman–Crippen LogP) is 2.16. The summed E-state index contributed by atoms with van der Waals surface area (Å²) in [6.45, 7) is 1.57. The quantitative estimate of drug-likeness (QED) is 0.813. The number of benzene rings is 1. The molecule has 1 rings (SSSR count). The van der Waals surface area contributed by atoms with Crippen LogP contribution in [0.25, 0.3) is 0 Å². The molecule has 0 aliphatic heterocycles. The number of rotatable bonds is 3. The van der Waals surface area contributed by atoms with Gasteiger partial charge in [0.15, 0.2) is 11.6 Å². The molecule has 0 saturated heterocycles. The standard InChI is InChI=1S/C10H12F2O2/c1-6(13)8-3-7(5-14-2)4-9(11)10(8)12/h3-4,6,13H,5H2,1-2H3. The van der Waals surface area contributed by atoms with E-state index in [-0.39, 0.29) is 12.2 Å². The van der Waals surface area contributed by atoms with Crippen molar-refractivity contribution in [3.63, 3.8) is 0 Å². The van der Waals surface area contributed by atoms with Crippen molar-refractivity contribution < 1.29 is 18.6 Å². The van der Waals surface area contributed by atoms with Gasteiger partial charge in [0, 0.05) is 12.7 Å². The minimum absolute atomic E-state index is 0.0444. The number of methoxy groups -OCH3 is 1. The third-order valence-corrected chi connectivity index (χ3v) is 1.88. The third-order valence-electron chi connectivity index (χ3n) is 1.88. The van der Waals surface area contributed by atoms with Crippen LogP contribution < -0.4 is 0 Å². The fourth-order valence-corrected chi connectivity index (χ4v) is 1.22. The first-order valence-corrected chi connectivity index (χ1v) is 4.21. The van der Waals surface area contributed by atoms with E-state index >= 15 is 0 Å². The van der Waals surface area contributed by atoms with Gasteiger partial charge in [0.1, 0.15) is 0 Å². The van der Waals surface area contributed by atoms with Crippen LogP contribution in [0.5, 0.6) is 0 Å². The van der Waals surface area contributed by atoms with Crippen molar-refractivity contribution in [2.75, 3.05) is 7.11 Å². The highest BCUT2D eigenvalue weighted by molar-refractivity contribution is 5.27. The molecule has 0 heterocycles. The lowest BCUT2D eigenvalue weighted by Gasteiger charge is -2.09. The van der Waals surface area contributed by atoms with Crippen LogP contribution in [0.15, 0.2) is 12.1 Å². The summed E-state index contributed by atoms with van der Waals surface area (Å²) in [7, 11) is 1.46. The Hall–Kier alpha value is -1.00. The Morgan fingerprint density at radius 1 is 1.43 bits per heavy atom. The Balaban J connectivity index is 3.14. The molecule has 1 atom stereocenters. The SMILES string of the molecule is COCc1cc(F)c(F)c(C(C)O)c1. The number of aliphatic hydroxyl groups is 1. The highest BCUT2D eigenvalue weighted by atomic mass is 19.2. The highest BCUT2D eigenvalue weighted by Gasteiger charge is 2.14. The average molecular weight is 202 g/mol. The van der Waals surface area contributed by atoms with Gasteiger partial charge in [-0.05, 0) is 24.6 Å². The molecule has 0 bridgehead atoms. The van der Waals surface area contributed by atoms with E-state index in [1.807, 2.05) is 0 Å². The van der Waals surface area contributed by atoms with E-state index in [9.17, 15) is 13.9 Å². The van der Waals surface area contributed by atoms with Crippen molar-refractivity contribution in [3.8, 4) is 0 Å². The maximum atomic E-state index is 13.1. The van der Waals surface area contributed by atoms with Crippen molar-refractivity contribution in [2.45, 2.75) is 19.6 Å². The summed E-state index contributed by atoms with van der Waals surface area (Å²) in [6.07, 6.45) is -1.03. The Bertz CT molecular complexity index is 324. The molecule has 14 heavy (non-hydrogen) atoms. The molecule has 1 aromatic carbocycles. The van der Waals surface area contributed by atoms with E-state index < -0.39 is 17.7 Å². The van der Waals surface area contributed by atoms with Crippen LogP contribution in [0.3, 0.4) is 0 Å². The van der Waals surface area contributed by atoms with Crippen molar-refractivity contribution in [1.82, 2.24) is 0 Å². The number of ether oxygens (including phenoxy) is 1. The monoisotopic (exact) mass is 202 g/mol. The van der Waals surface area contributed by atoms with Crippen LogP contribution in [0.1, 0.15) is 24.2 Å². The van der Waals surface area contributed by atoms with E-state index in [0.717, 1.165) is 6.07 Å². The van der Waals surface area contributed by atoms with Crippen LogP contribution in [-0.2, 0) is 11.3 Å². The Kier molecular flexibility index (Phi) is 3.55. The molecule has 0 amide bonds. The van der Waals surface area contributed by atoms with Crippen molar-refractivity contribution in [3.05, 3.63) is 34.9 Å². The summed E-state index contributed by atoms with van der Waals surface area (Å²) < 4.78 is 30.9. The normalized spacial score (nSPS) is 12.9. The van der Waals surface area contributed by atoms with Crippen LogP contribution in [0.2, 0.25) is 0 Å². The predicted molar refractivity (Wildman–Crippen MR) is 47.7 cm³/mol. The molecule has 0 aliphatic carbocycles. The van der Waals surface area contributed by atoms with E-state index in [1.54, 1.807) is 0 Å². The van der Waals surface area contributed by atoms with Gasteiger partial charge in [-0.25, -0.2) is 8.78 Å². The summed E-state index contributed by atoms with van der Waals surface area (Å²) in [4.78, 5) is 0. The maximum absolute atomic E-state index is 13.1. The van der Waals surface area contributed by atoms with E-state index in [1.165, 1.54) is 20.1 Å². The van der Waals surface area contributed by atoms with Gasteiger partial charge >= 0.3 is 0 Å². The fraction of sp³-hybridized carbons (Fsp3) is 0.400. The highest BCUT2D eigenvalue weighted by Crippen LogP contribution is 2.21. The van der Waals surface area contributed by atoms with Crippen molar-refractivity contribution in [1.29, 1.82) is 0 Å². The molecule has 2 nitrogen and oxygen atoms in total. The number of aliphatic hydroxyl groups excluding tert-OH is 1.